The highest BCUT2D eigenvalue weighted by atomic mass is 16.6. The molecule has 0 spiro atoms. The van der Waals surface area contributed by atoms with E-state index < -0.39 is 6.10 Å². The number of hydrogen-bond donors (Lipinski definition) is 1. The standard InChI is InChI=1S/C18H23NO4/c1-2-21-17-7-11-3-6-14(10-16(11)23-18(17)20)22-15-8-12-4-5-13(9-15)19-12/h3,6,10,12-13,15,17,19H,2,4-5,7-9H2,1H3. The minimum Gasteiger partial charge on any atom is -0.490 e. The van der Waals surface area contributed by atoms with Crippen LogP contribution in [0.3, 0.4) is 0 Å². The van der Waals surface area contributed by atoms with Crippen molar-refractivity contribution >= 4 is 5.97 Å². The molecule has 3 aliphatic heterocycles. The van der Waals surface area contributed by atoms with Gasteiger partial charge in [0, 0.05) is 31.2 Å². The lowest BCUT2D eigenvalue weighted by Crippen LogP contribution is -2.42. The van der Waals surface area contributed by atoms with Crippen LogP contribution in [0.4, 0.5) is 0 Å². The van der Waals surface area contributed by atoms with Gasteiger partial charge < -0.3 is 19.5 Å². The zero-order chi connectivity index (χ0) is 15.8. The molecule has 1 aromatic carbocycles. The van der Waals surface area contributed by atoms with Crippen molar-refractivity contribution in [1.29, 1.82) is 0 Å². The highest BCUT2D eigenvalue weighted by Gasteiger charge is 2.35. The number of nitrogens with one attached hydrogen (secondary N) is 1. The molecular formula is C18H23NO4. The number of carbonyl (C=O) groups is 1. The molecule has 0 aromatic heterocycles. The molecule has 5 heteroatoms. The van der Waals surface area contributed by atoms with E-state index in [1.54, 1.807) is 0 Å². The van der Waals surface area contributed by atoms with Crippen LogP contribution in [0, 0.1) is 0 Å². The Labute approximate surface area is 136 Å². The third kappa shape index (κ3) is 3.08. The summed E-state index contributed by atoms with van der Waals surface area (Å²) < 4.78 is 17.0. The second kappa shape index (κ2) is 6.13. The molecule has 2 bridgehead atoms. The van der Waals surface area contributed by atoms with Gasteiger partial charge in [-0.2, -0.15) is 0 Å². The number of esters is 1. The van der Waals surface area contributed by atoms with Crippen LogP contribution in [-0.2, 0) is 16.0 Å². The van der Waals surface area contributed by atoms with Crippen molar-refractivity contribution in [3.63, 3.8) is 0 Å². The van der Waals surface area contributed by atoms with E-state index >= 15 is 0 Å². The molecule has 4 rings (SSSR count). The quantitative estimate of drug-likeness (QED) is 0.681. The molecule has 3 aliphatic rings. The van der Waals surface area contributed by atoms with Gasteiger partial charge in [-0.3, -0.25) is 0 Å². The SMILES string of the molecule is CCOC1Cc2ccc(OC3CC4CCC(C3)N4)cc2OC1=O. The molecule has 5 nitrogen and oxygen atoms in total. The van der Waals surface area contributed by atoms with Crippen molar-refractivity contribution in [3.05, 3.63) is 23.8 Å². The van der Waals surface area contributed by atoms with E-state index in [0.29, 0.717) is 30.9 Å². The first-order valence-electron chi connectivity index (χ1n) is 8.60. The number of piperidine rings is 1. The summed E-state index contributed by atoms with van der Waals surface area (Å²) in [6, 6.07) is 7.01. The molecule has 2 fully saturated rings. The van der Waals surface area contributed by atoms with E-state index in [-0.39, 0.29) is 12.1 Å². The first kappa shape index (κ1) is 15.0. The molecule has 2 saturated heterocycles. The molecule has 1 N–H and O–H groups in total. The summed E-state index contributed by atoms with van der Waals surface area (Å²) >= 11 is 0. The van der Waals surface area contributed by atoms with Gasteiger partial charge in [-0.15, -0.1) is 0 Å². The Morgan fingerprint density at radius 2 is 2.04 bits per heavy atom. The van der Waals surface area contributed by atoms with Crippen molar-refractivity contribution < 1.29 is 19.0 Å². The first-order chi connectivity index (χ1) is 11.2. The van der Waals surface area contributed by atoms with Crippen molar-refractivity contribution in [1.82, 2.24) is 5.32 Å². The maximum absolute atomic E-state index is 11.9. The lowest BCUT2D eigenvalue weighted by Gasteiger charge is -2.30. The summed E-state index contributed by atoms with van der Waals surface area (Å²) in [5, 5.41) is 3.62. The summed E-state index contributed by atoms with van der Waals surface area (Å²) in [7, 11) is 0. The van der Waals surface area contributed by atoms with Crippen LogP contribution in [0.15, 0.2) is 18.2 Å². The van der Waals surface area contributed by atoms with Gasteiger partial charge in [0.05, 0.1) is 0 Å². The summed E-state index contributed by atoms with van der Waals surface area (Å²) in [6.07, 6.45) is 4.96. The fourth-order valence-corrected chi connectivity index (χ4v) is 3.95. The molecule has 0 saturated carbocycles. The molecular weight excluding hydrogens is 294 g/mol. The van der Waals surface area contributed by atoms with Gasteiger partial charge >= 0.3 is 5.97 Å². The van der Waals surface area contributed by atoms with Crippen LogP contribution in [0.2, 0.25) is 0 Å². The second-order valence-corrected chi connectivity index (χ2v) is 6.69. The van der Waals surface area contributed by atoms with Crippen molar-refractivity contribution in [2.24, 2.45) is 0 Å². The molecule has 3 heterocycles. The molecule has 3 unspecified atom stereocenters. The van der Waals surface area contributed by atoms with Crippen molar-refractivity contribution in [2.75, 3.05) is 6.61 Å². The van der Waals surface area contributed by atoms with Gasteiger partial charge in [0.25, 0.3) is 0 Å². The Bertz CT molecular complexity index is 591. The molecule has 23 heavy (non-hydrogen) atoms. The number of benzene rings is 1. The van der Waals surface area contributed by atoms with Crippen LogP contribution in [0.1, 0.15) is 38.2 Å². The summed E-state index contributed by atoms with van der Waals surface area (Å²) in [4.78, 5) is 11.9. The molecule has 0 radical (unpaired) electrons. The average molecular weight is 317 g/mol. The number of ether oxygens (including phenoxy) is 3. The highest BCUT2D eigenvalue weighted by Crippen LogP contribution is 2.33. The van der Waals surface area contributed by atoms with Gasteiger partial charge in [-0.25, -0.2) is 4.79 Å². The monoisotopic (exact) mass is 317 g/mol. The van der Waals surface area contributed by atoms with Gasteiger partial charge in [0.15, 0.2) is 6.10 Å². The summed E-state index contributed by atoms with van der Waals surface area (Å²) in [6.45, 7) is 2.39. The Balaban J connectivity index is 1.45. The zero-order valence-corrected chi connectivity index (χ0v) is 13.4. The molecule has 1 aromatic rings. The predicted molar refractivity (Wildman–Crippen MR) is 84.8 cm³/mol. The fourth-order valence-electron chi connectivity index (χ4n) is 3.95. The Morgan fingerprint density at radius 3 is 2.78 bits per heavy atom. The normalized spacial score (nSPS) is 32.3. The number of rotatable bonds is 4. The Morgan fingerprint density at radius 1 is 1.26 bits per heavy atom. The van der Waals surface area contributed by atoms with Gasteiger partial charge in [-0.05, 0) is 44.2 Å². The lowest BCUT2D eigenvalue weighted by atomic mass is 10.0. The fraction of sp³-hybridized carbons (Fsp3) is 0.611. The lowest BCUT2D eigenvalue weighted by molar-refractivity contribution is -0.148. The van der Waals surface area contributed by atoms with Crippen LogP contribution >= 0.6 is 0 Å². The Hall–Kier alpha value is -1.59. The van der Waals surface area contributed by atoms with E-state index in [4.69, 9.17) is 14.2 Å². The third-order valence-electron chi connectivity index (χ3n) is 5.02. The van der Waals surface area contributed by atoms with E-state index in [9.17, 15) is 4.79 Å². The van der Waals surface area contributed by atoms with Gasteiger partial charge in [0.1, 0.15) is 17.6 Å². The molecule has 0 amide bonds. The van der Waals surface area contributed by atoms with Crippen LogP contribution in [0.25, 0.3) is 0 Å². The number of carbonyl (C=O) groups excluding carboxylic acids is 1. The van der Waals surface area contributed by atoms with Crippen LogP contribution < -0.4 is 14.8 Å². The van der Waals surface area contributed by atoms with Crippen molar-refractivity contribution in [2.45, 2.75) is 63.3 Å². The van der Waals surface area contributed by atoms with Gasteiger partial charge in [0.2, 0.25) is 0 Å². The van der Waals surface area contributed by atoms with E-state index in [1.807, 2.05) is 25.1 Å². The largest absolute Gasteiger partial charge is 0.490 e. The molecule has 0 aliphatic carbocycles. The Kier molecular flexibility index (Phi) is 3.99. The number of hydrogen-bond acceptors (Lipinski definition) is 5. The number of fused-ring (bicyclic) bond motifs is 3. The molecule has 3 atom stereocenters. The minimum absolute atomic E-state index is 0.252. The summed E-state index contributed by atoms with van der Waals surface area (Å²) in [5.41, 5.74) is 1.00. The maximum Gasteiger partial charge on any atom is 0.341 e. The topological polar surface area (TPSA) is 56.8 Å². The van der Waals surface area contributed by atoms with E-state index in [1.165, 1.54) is 12.8 Å². The van der Waals surface area contributed by atoms with E-state index in [2.05, 4.69) is 5.32 Å². The van der Waals surface area contributed by atoms with Gasteiger partial charge in [-0.1, -0.05) is 6.07 Å². The second-order valence-electron chi connectivity index (χ2n) is 6.69. The molecule has 124 valence electrons. The zero-order valence-electron chi connectivity index (χ0n) is 13.4. The smallest absolute Gasteiger partial charge is 0.341 e. The third-order valence-corrected chi connectivity index (χ3v) is 5.02. The highest BCUT2D eigenvalue weighted by molar-refractivity contribution is 5.80. The van der Waals surface area contributed by atoms with Crippen LogP contribution in [0.5, 0.6) is 11.5 Å². The average Bonchev–Trinajstić information content (AvgIpc) is 2.87. The first-order valence-corrected chi connectivity index (χ1v) is 8.60. The maximum atomic E-state index is 11.9. The van der Waals surface area contributed by atoms with Crippen molar-refractivity contribution in [3.8, 4) is 11.5 Å². The van der Waals surface area contributed by atoms with Crippen LogP contribution in [-0.4, -0.2) is 36.9 Å². The summed E-state index contributed by atoms with van der Waals surface area (Å²) in [5.74, 6) is 1.09. The minimum atomic E-state index is -0.487. The predicted octanol–water partition coefficient (Wildman–Crippen LogP) is 2.21. The van der Waals surface area contributed by atoms with E-state index in [0.717, 1.165) is 24.2 Å².